The van der Waals surface area contributed by atoms with E-state index in [1.807, 2.05) is 25.8 Å². The van der Waals surface area contributed by atoms with E-state index in [9.17, 15) is 9.59 Å². The van der Waals surface area contributed by atoms with E-state index in [-0.39, 0.29) is 30.1 Å². The summed E-state index contributed by atoms with van der Waals surface area (Å²) in [5.41, 5.74) is 1.93. The Hall–Kier alpha value is -3.14. The first kappa shape index (κ1) is 20.1. The highest BCUT2D eigenvalue weighted by Crippen LogP contribution is 2.33. The number of nitrogens with zero attached hydrogens (tertiary/aromatic N) is 4. The van der Waals surface area contributed by atoms with Gasteiger partial charge >= 0.3 is 6.03 Å². The van der Waals surface area contributed by atoms with Gasteiger partial charge in [-0.3, -0.25) is 4.79 Å². The zero-order valence-electron chi connectivity index (χ0n) is 16.9. The smallest absolute Gasteiger partial charge is 0.319 e. The highest BCUT2D eigenvalue weighted by Gasteiger charge is 2.33. The third kappa shape index (κ3) is 4.09. The van der Waals surface area contributed by atoms with Crippen molar-refractivity contribution in [2.45, 2.75) is 44.8 Å². The average molecular weight is 431 g/mol. The van der Waals surface area contributed by atoms with Crippen molar-refractivity contribution in [2.75, 3.05) is 27.9 Å². The lowest BCUT2D eigenvalue weighted by atomic mass is 9.87. The number of rotatable bonds is 4. The molecule has 1 aliphatic heterocycles. The number of anilines is 4. The van der Waals surface area contributed by atoms with Gasteiger partial charge in [0, 0.05) is 19.1 Å². The third-order valence-corrected chi connectivity index (χ3v) is 5.63. The molecule has 1 saturated carbocycles. The summed E-state index contributed by atoms with van der Waals surface area (Å²) in [4.78, 5) is 38.9. The van der Waals surface area contributed by atoms with Gasteiger partial charge in [-0.2, -0.15) is 4.98 Å². The van der Waals surface area contributed by atoms with Gasteiger partial charge in [-0.25, -0.2) is 14.8 Å². The Morgan fingerprint density at radius 2 is 2.03 bits per heavy atom. The molecule has 4 N–H and O–H groups in total. The van der Waals surface area contributed by atoms with Crippen molar-refractivity contribution < 1.29 is 9.59 Å². The van der Waals surface area contributed by atoms with Crippen LogP contribution in [0, 0.1) is 6.92 Å². The Bertz CT molecular complexity index is 977. The van der Waals surface area contributed by atoms with Gasteiger partial charge in [-0.1, -0.05) is 11.6 Å². The summed E-state index contributed by atoms with van der Waals surface area (Å²) in [5, 5.41) is 12.2. The zero-order chi connectivity index (χ0) is 21.4. The molecule has 0 bridgehead atoms. The number of fused-ring (bicyclic) bond motifs is 1. The highest BCUT2D eigenvalue weighted by molar-refractivity contribution is 6.29. The molecule has 2 aromatic rings. The molecule has 1 aliphatic carbocycles. The van der Waals surface area contributed by atoms with Crippen molar-refractivity contribution in [3.8, 4) is 0 Å². The molecule has 3 amide bonds. The molecular formula is C19H23ClN8O2. The van der Waals surface area contributed by atoms with E-state index < -0.39 is 0 Å². The van der Waals surface area contributed by atoms with E-state index in [1.165, 1.54) is 6.20 Å². The van der Waals surface area contributed by atoms with Crippen LogP contribution in [-0.2, 0) is 4.79 Å². The molecule has 0 radical (unpaired) electrons. The largest absolute Gasteiger partial charge is 0.351 e. The molecule has 0 spiro atoms. The fourth-order valence-electron chi connectivity index (χ4n) is 3.45. The normalized spacial score (nSPS) is 22.5. The lowest BCUT2D eigenvalue weighted by molar-refractivity contribution is -0.117. The quantitative estimate of drug-likeness (QED) is 0.549. The van der Waals surface area contributed by atoms with Gasteiger partial charge < -0.3 is 26.2 Å². The van der Waals surface area contributed by atoms with E-state index in [1.54, 1.807) is 12.1 Å². The van der Waals surface area contributed by atoms with Crippen molar-refractivity contribution in [3.05, 3.63) is 29.2 Å². The second kappa shape index (κ2) is 7.94. The minimum atomic E-state index is -0.300. The maximum atomic E-state index is 12.1. The van der Waals surface area contributed by atoms with E-state index >= 15 is 0 Å². The van der Waals surface area contributed by atoms with Crippen molar-refractivity contribution >= 4 is 46.7 Å². The predicted molar refractivity (Wildman–Crippen MR) is 115 cm³/mol. The van der Waals surface area contributed by atoms with Crippen molar-refractivity contribution in [1.82, 2.24) is 20.3 Å². The Labute approximate surface area is 178 Å². The predicted octanol–water partition coefficient (Wildman–Crippen LogP) is 2.37. The van der Waals surface area contributed by atoms with Gasteiger partial charge in [-0.15, -0.1) is 0 Å². The highest BCUT2D eigenvalue weighted by atomic mass is 35.5. The molecule has 0 aromatic carbocycles. The number of hydrogen-bond acceptors (Lipinski definition) is 7. The fourth-order valence-corrected chi connectivity index (χ4v) is 3.56. The molecule has 1 atom stereocenters. The number of amides is 3. The summed E-state index contributed by atoms with van der Waals surface area (Å²) < 4.78 is 0. The molecule has 10 nitrogen and oxygen atoms in total. The fraction of sp³-hybridized carbons (Fsp3) is 0.421. The summed E-state index contributed by atoms with van der Waals surface area (Å²) in [7, 11) is 1.84. The number of carbonyl (C=O) groups excluding carboxylic acids is 2. The van der Waals surface area contributed by atoms with Gasteiger partial charge in [0.1, 0.15) is 16.9 Å². The molecule has 3 heterocycles. The van der Waals surface area contributed by atoms with Gasteiger partial charge in [-0.05, 0) is 38.8 Å². The van der Waals surface area contributed by atoms with Crippen molar-refractivity contribution in [2.24, 2.45) is 0 Å². The Morgan fingerprint density at radius 3 is 2.73 bits per heavy atom. The Kier molecular flexibility index (Phi) is 5.33. The monoisotopic (exact) mass is 430 g/mol. The molecule has 0 saturated heterocycles. The van der Waals surface area contributed by atoms with Crippen LogP contribution in [0.1, 0.15) is 25.5 Å². The van der Waals surface area contributed by atoms with Crippen LogP contribution in [0.15, 0.2) is 18.3 Å². The first-order valence-electron chi connectivity index (χ1n) is 9.68. The van der Waals surface area contributed by atoms with Crippen LogP contribution < -0.4 is 26.2 Å². The number of hydrogen-bond donors (Lipinski definition) is 4. The second-order valence-corrected chi connectivity index (χ2v) is 7.97. The summed E-state index contributed by atoms with van der Waals surface area (Å²) in [6.45, 7) is 3.67. The molecule has 4 rings (SSSR count). The number of likely N-dealkylation sites (N-methyl/N-ethyl adjacent to an activating group) is 1. The molecule has 158 valence electrons. The first-order chi connectivity index (χ1) is 14.3. The van der Waals surface area contributed by atoms with Gasteiger partial charge in [0.05, 0.1) is 17.6 Å². The Morgan fingerprint density at radius 1 is 1.27 bits per heavy atom. The lowest BCUT2D eigenvalue weighted by Crippen LogP contribution is -2.51. The van der Waals surface area contributed by atoms with Gasteiger partial charge in [0.2, 0.25) is 11.9 Å². The number of nitrogens with one attached hydrogen (secondary N) is 4. The van der Waals surface area contributed by atoms with E-state index in [0.717, 1.165) is 12.8 Å². The maximum absolute atomic E-state index is 12.1. The first-order valence-corrected chi connectivity index (χ1v) is 10.1. The van der Waals surface area contributed by atoms with Crippen LogP contribution in [0.5, 0.6) is 0 Å². The lowest BCUT2D eigenvalue weighted by Gasteiger charge is -2.37. The number of aromatic nitrogens is 3. The molecule has 2 aromatic heterocycles. The number of carbonyl (C=O) groups is 2. The Balaban J connectivity index is 1.31. The van der Waals surface area contributed by atoms with Crippen molar-refractivity contribution in [1.29, 1.82) is 0 Å². The number of aryl methyl sites for hydroxylation is 1. The van der Waals surface area contributed by atoms with Crippen molar-refractivity contribution in [3.63, 3.8) is 0 Å². The molecule has 0 unspecified atom stereocenters. The van der Waals surface area contributed by atoms with Crippen LogP contribution in [0.25, 0.3) is 0 Å². The van der Waals surface area contributed by atoms with Crippen LogP contribution in [0.2, 0.25) is 5.15 Å². The second-order valence-electron chi connectivity index (χ2n) is 7.59. The van der Waals surface area contributed by atoms with Gasteiger partial charge in [0.25, 0.3) is 0 Å². The summed E-state index contributed by atoms with van der Waals surface area (Å²) >= 11 is 5.74. The molecule has 1 fully saturated rings. The van der Waals surface area contributed by atoms with Crippen LogP contribution in [0.3, 0.4) is 0 Å². The SMILES string of the molecule is Cc1nc(NC2CC(NC(=O)Nc3ccc(Cl)nc3)C2)nc2c1NC(=O)[C@H](C)N2C. The van der Waals surface area contributed by atoms with Crippen LogP contribution in [-0.4, -0.2) is 52.1 Å². The van der Waals surface area contributed by atoms with Crippen LogP contribution in [0.4, 0.5) is 27.9 Å². The number of pyridine rings is 1. The molecule has 11 heteroatoms. The molecule has 2 aliphatic rings. The van der Waals surface area contributed by atoms with Gasteiger partial charge in [0.15, 0.2) is 5.82 Å². The summed E-state index contributed by atoms with van der Waals surface area (Å²) in [6.07, 6.45) is 3.02. The standard InChI is InChI=1S/C19H23ClN8O2/c1-9-15-16(28(3)10(2)17(29)26-15)27-18(22-9)23-12-6-13(7-12)25-19(30)24-11-4-5-14(20)21-8-11/h4-5,8,10,12-13H,6-7H2,1-3H3,(H,26,29)(H,22,23,27)(H2,24,25,30)/t10-,12?,13?/m0/s1. The molecule has 30 heavy (non-hydrogen) atoms. The van der Waals surface area contributed by atoms with Crippen LogP contribution >= 0.6 is 11.6 Å². The minimum absolute atomic E-state index is 0.0588. The van der Waals surface area contributed by atoms with E-state index in [0.29, 0.717) is 34.0 Å². The summed E-state index contributed by atoms with van der Waals surface area (Å²) in [6, 6.07) is 2.94. The molecular weight excluding hydrogens is 408 g/mol. The van der Waals surface area contributed by atoms with E-state index in [2.05, 4.69) is 36.2 Å². The third-order valence-electron chi connectivity index (χ3n) is 5.41. The minimum Gasteiger partial charge on any atom is -0.351 e. The maximum Gasteiger partial charge on any atom is 0.319 e. The average Bonchev–Trinajstić information content (AvgIpc) is 2.67. The zero-order valence-corrected chi connectivity index (χ0v) is 17.6. The number of urea groups is 1. The topological polar surface area (TPSA) is 124 Å². The number of halogens is 1. The summed E-state index contributed by atoms with van der Waals surface area (Å²) in [5.74, 6) is 1.14. The van der Waals surface area contributed by atoms with E-state index in [4.69, 9.17) is 11.6 Å².